The van der Waals surface area contributed by atoms with Crippen molar-refractivity contribution >= 4 is 11.7 Å². The van der Waals surface area contributed by atoms with Crippen LogP contribution in [0.4, 0.5) is 5.82 Å². The summed E-state index contributed by atoms with van der Waals surface area (Å²) in [5.41, 5.74) is 8.66. The molecule has 6 heteroatoms. The summed E-state index contributed by atoms with van der Waals surface area (Å²) in [5.74, 6) is -0.121. The van der Waals surface area contributed by atoms with Crippen LogP contribution in [0.25, 0.3) is 0 Å². The minimum atomic E-state index is -0.278. The number of rotatable bonds is 4. The number of nitrogens with two attached hydrogens (primary N) is 1. The Bertz CT molecular complexity index is 703. The van der Waals surface area contributed by atoms with Crippen molar-refractivity contribution < 1.29 is 4.79 Å². The quantitative estimate of drug-likeness (QED) is 0.887. The summed E-state index contributed by atoms with van der Waals surface area (Å²) in [6.07, 6.45) is 3.99. The van der Waals surface area contributed by atoms with E-state index in [9.17, 15) is 4.79 Å². The van der Waals surface area contributed by atoms with Crippen molar-refractivity contribution in [2.75, 3.05) is 18.8 Å². The van der Waals surface area contributed by atoms with Gasteiger partial charge in [0.15, 0.2) is 11.5 Å². The second kappa shape index (κ2) is 6.75. The highest BCUT2D eigenvalue weighted by Crippen LogP contribution is 2.20. The van der Waals surface area contributed by atoms with E-state index in [4.69, 9.17) is 5.73 Å². The first-order valence-corrected chi connectivity index (χ1v) is 7.80. The van der Waals surface area contributed by atoms with E-state index >= 15 is 0 Å². The molecule has 2 heterocycles. The third-order valence-corrected chi connectivity index (χ3v) is 4.28. The number of hydrogen-bond donors (Lipinski definition) is 2. The van der Waals surface area contributed by atoms with Crippen LogP contribution in [-0.2, 0) is 13.0 Å². The van der Waals surface area contributed by atoms with E-state index in [1.165, 1.54) is 23.5 Å². The van der Waals surface area contributed by atoms with Gasteiger partial charge in [-0.15, -0.1) is 0 Å². The van der Waals surface area contributed by atoms with Gasteiger partial charge in [-0.25, -0.2) is 9.97 Å². The minimum Gasteiger partial charge on any atom is -0.382 e. The first-order chi connectivity index (χ1) is 11.1. The Balaban J connectivity index is 1.57. The van der Waals surface area contributed by atoms with Crippen molar-refractivity contribution in [1.82, 2.24) is 20.2 Å². The average molecular weight is 311 g/mol. The Morgan fingerprint density at radius 2 is 2.04 bits per heavy atom. The Labute approximate surface area is 135 Å². The lowest BCUT2D eigenvalue weighted by Gasteiger charge is -2.33. The normalized spacial score (nSPS) is 15.7. The third-order valence-electron chi connectivity index (χ3n) is 4.28. The number of carbonyl (C=O) groups is 1. The predicted octanol–water partition coefficient (Wildman–Crippen LogP) is 1.24. The average Bonchev–Trinajstić information content (AvgIpc) is 2.59. The number of carbonyl (C=O) groups excluding carboxylic acids is 1. The molecule has 0 saturated heterocycles. The van der Waals surface area contributed by atoms with Crippen LogP contribution in [0.5, 0.6) is 0 Å². The Morgan fingerprint density at radius 1 is 1.30 bits per heavy atom. The molecule has 120 valence electrons. The van der Waals surface area contributed by atoms with Gasteiger partial charge in [-0.05, 0) is 24.5 Å². The first kappa shape index (κ1) is 15.4. The van der Waals surface area contributed by atoms with Gasteiger partial charge < -0.3 is 11.1 Å². The second-order valence-electron chi connectivity index (χ2n) is 5.84. The standard InChI is InChI=1S/C17H21N5O/c1-12(10-21-17(23)15-16(18)20-8-7-19-15)22-9-6-13-4-2-3-5-14(13)11-22/h2-5,7-8,12H,6,9-11H2,1H3,(H2,18,20)(H,21,23). The molecule has 23 heavy (non-hydrogen) atoms. The molecule has 1 aromatic heterocycles. The molecule has 6 nitrogen and oxygen atoms in total. The molecule has 0 spiro atoms. The molecule has 1 unspecified atom stereocenters. The lowest BCUT2D eigenvalue weighted by molar-refractivity contribution is 0.0928. The fourth-order valence-electron chi connectivity index (χ4n) is 2.87. The van der Waals surface area contributed by atoms with E-state index in [1.54, 1.807) is 0 Å². The Hall–Kier alpha value is -2.47. The zero-order valence-corrected chi connectivity index (χ0v) is 13.2. The number of anilines is 1. The molecule has 0 saturated carbocycles. The van der Waals surface area contributed by atoms with Crippen LogP contribution in [0.15, 0.2) is 36.7 Å². The molecular weight excluding hydrogens is 290 g/mol. The van der Waals surface area contributed by atoms with Crippen LogP contribution in [0, 0.1) is 0 Å². The highest BCUT2D eigenvalue weighted by molar-refractivity contribution is 5.96. The molecule has 0 fully saturated rings. The molecule has 1 atom stereocenters. The molecule has 2 aromatic rings. The highest BCUT2D eigenvalue weighted by Gasteiger charge is 2.21. The van der Waals surface area contributed by atoms with Gasteiger partial charge in [-0.3, -0.25) is 9.69 Å². The number of nitrogen functional groups attached to an aromatic ring is 1. The number of amides is 1. The fraction of sp³-hybridized carbons (Fsp3) is 0.353. The molecule has 0 bridgehead atoms. The van der Waals surface area contributed by atoms with E-state index in [0.29, 0.717) is 6.54 Å². The van der Waals surface area contributed by atoms with Crippen LogP contribution >= 0.6 is 0 Å². The lowest BCUT2D eigenvalue weighted by atomic mass is 9.99. The van der Waals surface area contributed by atoms with Crippen molar-refractivity contribution in [3.8, 4) is 0 Å². The van der Waals surface area contributed by atoms with Crippen LogP contribution in [0.3, 0.4) is 0 Å². The first-order valence-electron chi connectivity index (χ1n) is 7.80. The SMILES string of the molecule is CC(CNC(=O)c1nccnc1N)N1CCc2ccccc2C1. The van der Waals surface area contributed by atoms with Gasteiger partial charge in [0.2, 0.25) is 0 Å². The minimum absolute atomic E-state index is 0.157. The number of nitrogens with zero attached hydrogens (tertiary/aromatic N) is 3. The molecular formula is C17H21N5O. The molecule has 3 N–H and O–H groups in total. The van der Waals surface area contributed by atoms with E-state index in [2.05, 4.69) is 51.4 Å². The molecule has 1 aromatic carbocycles. The summed E-state index contributed by atoms with van der Waals surface area (Å²) >= 11 is 0. The smallest absolute Gasteiger partial charge is 0.273 e. The zero-order valence-electron chi connectivity index (χ0n) is 13.2. The van der Waals surface area contributed by atoms with Crippen molar-refractivity contribution in [2.45, 2.75) is 25.9 Å². The summed E-state index contributed by atoms with van der Waals surface area (Å²) in [7, 11) is 0. The number of benzene rings is 1. The summed E-state index contributed by atoms with van der Waals surface area (Å²) < 4.78 is 0. The summed E-state index contributed by atoms with van der Waals surface area (Å²) in [6, 6.07) is 8.77. The van der Waals surface area contributed by atoms with Crippen molar-refractivity contribution in [3.05, 3.63) is 53.5 Å². The van der Waals surface area contributed by atoms with Gasteiger partial charge in [-0.1, -0.05) is 24.3 Å². The number of aromatic nitrogens is 2. The highest BCUT2D eigenvalue weighted by atomic mass is 16.1. The molecule has 0 radical (unpaired) electrons. The van der Waals surface area contributed by atoms with Gasteiger partial charge in [-0.2, -0.15) is 0 Å². The van der Waals surface area contributed by atoms with Crippen molar-refractivity contribution in [2.24, 2.45) is 0 Å². The van der Waals surface area contributed by atoms with Gasteiger partial charge in [0.1, 0.15) is 0 Å². The van der Waals surface area contributed by atoms with E-state index < -0.39 is 0 Å². The maximum Gasteiger partial charge on any atom is 0.273 e. The van der Waals surface area contributed by atoms with Gasteiger partial charge in [0.05, 0.1) is 0 Å². The largest absolute Gasteiger partial charge is 0.382 e. The van der Waals surface area contributed by atoms with E-state index in [0.717, 1.165) is 19.5 Å². The fourth-order valence-corrected chi connectivity index (χ4v) is 2.87. The lowest BCUT2D eigenvalue weighted by Crippen LogP contribution is -2.44. The molecule has 0 aliphatic carbocycles. The van der Waals surface area contributed by atoms with Crippen LogP contribution < -0.4 is 11.1 Å². The van der Waals surface area contributed by atoms with Gasteiger partial charge >= 0.3 is 0 Å². The molecule has 1 aliphatic rings. The van der Waals surface area contributed by atoms with Crippen molar-refractivity contribution in [3.63, 3.8) is 0 Å². The Morgan fingerprint density at radius 3 is 2.83 bits per heavy atom. The number of fused-ring (bicyclic) bond motifs is 1. The summed E-state index contributed by atoms with van der Waals surface area (Å²) in [6.45, 7) is 4.59. The van der Waals surface area contributed by atoms with Crippen LogP contribution in [0.2, 0.25) is 0 Å². The van der Waals surface area contributed by atoms with E-state index in [1.807, 2.05) is 0 Å². The monoisotopic (exact) mass is 311 g/mol. The second-order valence-corrected chi connectivity index (χ2v) is 5.84. The van der Waals surface area contributed by atoms with Gasteiger partial charge in [0.25, 0.3) is 5.91 Å². The van der Waals surface area contributed by atoms with Crippen molar-refractivity contribution in [1.29, 1.82) is 0 Å². The molecule has 3 rings (SSSR count). The number of nitrogens with one attached hydrogen (secondary N) is 1. The maximum absolute atomic E-state index is 12.1. The topological polar surface area (TPSA) is 84.1 Å². The third kappa shape index (κ3) is 3.48. The van der Waals surface area contributed by atoms with Crippen LogP contribution in [0.1, 0.15) is 28.5 Å². The number of hydrogen-bond acceptors (Lipinski definition) is 5. The molecule has 1 amide bonds. The van der Waals surface area contributed by atoms with Gasteiger partial charge in [0, 0.05) is 38.1 Å². The maximum atomic E-state index is 12.1. The summed E-state index contributed by atoms with van der Waals surface area (Å²) in [4.78, 5) is 22.4. The predicted molar refractivity (Wildman–Crippen MR) is 88.8 cm³/mol. The zero-order chi connectivity index (χ0) is 16.2. The Kier molecular flexibility index (Phi) is 4.52. The summed E-state index contributed by atoms with van der Waals surface area (Å²) in [5, 5.41) is 2.90. The van der Waals surface area contributed by atoms with E-state index in [-0.39, 0.29) is 23.5 Å². The molecule has 1 aliphatic heterocycles. The van der Waals surface area contributed by atoms with Crippen LogP contribution in [-0.4, -0.2) is 39.9 Å².